The number of benzene rings is 2. The summed E-state index contributed by atoms with van der Waals surface area (Å²) in [6.07, 6.45) is 0. The number of nitrogens with zero attached hydrogens (tertiary/aromatic N) is 1. The SMILES string of the molecule is Cc1c(C#N)ccc2c1oc1c(B3OC(C)(C)C(C)(C)O3)cccc12. The van der Waals surface area contributed by atoms with E-state index in [-0.39, 0.29) is 0 Å². The molecule has 3 aromatic rings. The third-order valence-corrected chi connectivity index (χ3v) is 5.57. The van der Waals surface area contributed by atoms with Crippen molar-refractivity contribution in [2.45, 2.75) is 45.8 Å². The number of hydrogen-bond donors (Lipinski definition) is 0. The molecule has 0 saturated carbocycles. The van der Waals surface area contributed by atoms with Crippen LogP contribution in [0.15, 0.2) is 34.7 Å². The molecule has 0 spiro atoms. The summed E-state index contributed by atoms with van der Waals surface area (Å²) < 4.78 is 18.6. The van der Waals surface area contributed by atoms with Crippen LogP contribution in [0.1, 0.15) is 38.8 Å². The van der Waals surface area contributed by atoms with Crippen molar-refractivity contribution in [3.05, 3.63) is 41.5 Å². The maximum atomic E-state index is 9.26. The van der Waals surface area contributed by atoms with Crippen LogP contribution < -0.4 is 5.46 Å². The highest BCUT2D eigenvalue weighted by Crippen LogP contribution is 2.38. The van der Waals surface area contributed by atoms with Gasteiger partial charge in [0.1, 0.15) is 11.2 Å². The van der Waals surface area contributed by atoms with Crippen molar-refractivity contribution in [2.75, 3.05) is 0 Å². The van der Waals surface area contributed by atoms with Gasteiger partial charge in [-0.3, -0.25) is 0 Å². The molecule has 126 valence electrons. The van der Waals surface area contributed by atoms with Gasteiger partial charge in [0.25, 0.3) is 0 Å². The molecule has 5 heteroatoms. The molecule has 0 aliphatic carbocycles. The molecule has 2 heterocycles. The number of para-hydroxylation sites is 1. The highest BCUT2D eigenvalue weighted by molar-refractivity contribution is 6.65. The highest BCUT2D eigenvalue weighted by Gasteiger charge is 2.52. The van der Waals surface area contributed by atoms with Crippen molar-refractivity contribution in [1.82, 2.24) is 0 Å². The van der Waals surface area contributed by atoms with E-state index in [2.05, 4.69) is 6.07 Å². The smallest absolute Gasteiger partial charge is 0.456 e. The number of aryl methyl sites for hydroxylation is 1. The molecule has 1 aromatic heterocycles. The Morgan fingerprint density at radius 1 is 0.920 bits per heavy atom. The number of nitriles is 1. The number of hydrogen-bond acceptors (Lipinski definition) is 4. The zero-order valence-electron chi connectivity index (χ0n) is 15.1. The van der Waals surface area contributed by atoms with Crippen LogP contribution >= 0.6 is 0 Å². The quantitative estimate of drug-likeness (QED) is 0.630. The van der Waals surface area contributed by atoms with Gasteiger partial charge < -0.3 is 13.7 Å². The Morgan fingerprint density at radius 3 is 2.20 bits per heavy atom. The third kappa shape index (κ3) is 2.22. The minimum absolute atomic E-state index is 0.407. The molecule has 4 nitrogen and oxygen atoms in total. The molecule has 1 aliphatic rings. The molecular formula is C20H20BNO3. The summed E-state index contributed by atoms with van der Waals surface area (Å²) in [7, 11) is -0.481. The van der Waals surface area contributed by atoms with Gasteiger partial charge in [0, 0.05) is 21.8 Å². The van der Waals surface area contributed by atoms with E-state index in [4.69, 9.17) is 13.7 Å². The van der Waals surface area contributed by atoms with Gasteiger partial charge in [0.15, 0.2) is 0 Å². The Hall–Kier alpha value is -2.29. The van der Waals surface area contributed by atoms with Gasteiger partial charge in [0.05, 0.1) is 22.8 Å². The first-order chi connectivity index (χ1) is 11.7. The fourth-order valence-electron chi connectivity index (χ4n) is 3.29. The lowest BCUT2D eigenvalue weighted by Crippen LogP contribution is -2.41. The maximum absolute atomic E-state index is 9.26. The molecule has 0 unspecified atom stereocenters. The van der Waals surface area contributed by atoms with Gasteiger partial charge in [-0.15, -0.1) is 0 Å². The summed E-state index contributed by atoms with van der Waals surface area (Å²) >= 11 is 0. The average molecular weight is 333 g/mol. The molecule has 0 N–H and O–H groups in total. The van der Waals surface area contributed by atoms with Crippen LogP contribution in [0.25, 0.3) is 21.9 Å². The highest BCUT2D eigenvalue weighted by atomic mass is 16.7. The summed E-state index contributed by atoms with van der Waals surface area (Å²) in [6, 6.07) is 12.0. The number of fused-ring (bicyclic) bond motifs is 3. The first-order valence-electron chi connectivity index (χ1n) is 8.45. The molecule has 1 saturated heterocycles. The van der Waals surface area contributed by atoms with Crippen molar-refractivity contribution in [3.8, 4) is 6.07 Å². The normalized spacial score (nSPS) is 18.8. The fraction of sp³-hybridized carbons (Fsp3) is 0.350. The van der Waals surface area contributed by atoms with E-state index in [1.54, 1.807) is 0 Å². The largest absolute Gasteiger partial charge is 0.498 e. The third-order valence-electron chi connectivity index (χ3n) is 5.57. The van der Waals surface area contributed by atoms with Crippen molar-refractivity contribution < 1.29 is 13.7 Å². The molecule has 0 bridgehead atoms. The van der Waals surface area contributed by atoms with E-state index in [9.17, 15) is 5.26 Å². The Kier molecular flexibility index (Phi) is 3.31. The molecule has 0 radical (unpaired) electrons. The van der Waals surface area contributed by atoms with Crippen molar-refractivity contribution in [3.63, 3.8) is 0 Å². The first kappa shape index (κ1) is 16.2. The molecule has 0 amide bonds. The molecule has 2 aromatic carbocycles. The predicted octanol–water partition coefficient (Wildman–Crippen LogP) is 4.07. The second kappa shape index (κ2) is 5.11. The van der Waals surface area contributed by atoms with E-state index >= 15 is 0 Å². The second-order valence-electron chi connectivity index (χ2n) is 7.64. The summed E-state index contributed by atoms with van der Waals surface area (Å²) in [4.78, 5) is 0. The minimum atomic E-state index is -0.481. The summed E-state index contributed by atoms with van der Waals surface area (Å²) in [5, 5.41) is 11.3. The molecular weight excluding hydrogens is 313 g/mol. The van der Waals surface area contributed by atoms with Crippen LogP contribution in [-0.4, -0.2) is 18.3 Å². The van der Waals surface area contributed by atoms with E-state index in [0.29, 0.717) is 5.56 Å². The predicted molar refractivity (Wildman–Crippen MR) is 98.9 cm³/mol. The zero-order valence-corrected chi connectivity index (χ0v) is 15.1. The summed E-state index contributed by atoms with van der Waals surface area (Å²) in [6.45, 7) is 10.1. The maximum Gasteiger partial charge on any atom is 0.498 e. The van der Waals surface area contributed by atoms with Crippen molar-refractivity contribution in [1.29, 1.82) is 5.26 Å². The lowest BCUT2D eigenvalue weighted by Gasteiger charge is -2.32. The fourth-order valence-corrected chi connectivity index (χ4v) is 3.29. The average Bonchev–Trinajstić information content (AvgIpc) is 3.03. The zero-order chi connectivity index (χ0) is 18.0. The summed E-state index contributed by atoms with van der Waals surface area (Å²) in [5.74, 6) is 0. The van der Waals surface area contributed by atoms with Crippen LogP contribution in [0.5, 0.6) is 0 Å². The van der Waals surface area contributed by atoms with Gasteiger partial charge in [-0.05, 0) is 46.8 Å². The van der Waals surface area contributed by atoms with Crippen molar-refractivity contribution in [2.24, 2.45) is 0 Å². The van der Waals surface area contributed by atoms with Gasteiger partial charge in [0.2, 0.25) is 0 Å². The van der Waals surface area contributed by atoms with Crippen LogP contribution in [0, 0.1) is 18.3 Å². The van der Waals surface area contributed by atoms with Crippen molar-refractivity contribution >= 4 is 34.5 Å². The standard InChI is InChI=1S/C20H20BNO3/c1-12-13(11-22)9-10-15-14-7-6-8-16(18(14)23-17(12)15)21-24-19(2,3)20(4,5)25-21/h6-10H,1-5H3. The topological polar surface area (TPSA) is 55.4 Å². The Bertz CT molecular complexity index is 1030. The first-order valence-corrected chi connectivity index (χ1v) is 8.45. The van der Waals surface area contributed by atoms with Crippen LogP contribution in [0.3, 0.4) is 0 Å². The van der Waals surface area contributed by atoms with Gasteiger partial charge in [-0.1, -0.05) is 18.2 Å². The molecule has 1 aliphatic heterocycles. The molecule has 1 fully saturated rings. The Balaban J connectivity index is 1.94. The van der Waals surface area contributed by atoms with E-state index in [1.807, 2.05) is 65.0 Å². The van der Waals surface area contributed by atoms with Gasteiger partial charge >= 0.3 is 7.12 Å². The minimum Gasteiger partial charge on any atom is -0.456 e. The monoisotopic (exact) mass is 333 g/mol. The van der Waals surface area contributed by atoms with Crippen LogP contribution in [-0.2, 0) is 9.31 Å². The lowest BCUT2D eigenvalue weighted by atomic mass is 9.78. The second-order valence-corrected chi connectivity index (χ2v) is 7.64. The lowest BCUT2D eigenvalue weighted by molar-refractivity contribution is 0.00578. The van der Waals surface area contributed by atoms with E-state index < -0.39 is 18.3 Å². The van der Waals surface area contributed by atoms with Crippen LogP contribution in [0.4, 0.5) is 0 Å². The number of furan rings is 1. The number of rotatable bonds is 1. The molecule has 4 rings (SSSR count). The Morgan fingerprint density at radius 2 is 1.56 bits per heavy atom. The van der Waals surface area contributed by atoms with E-state index in [1.165, 1.54) is 0 Å². The summed E-state index contributed by atoms with van der Waals surface area (Å²) in [5.41, 5.74) is 3.06. The Labute approximate surface area is 147 Å². The molecule has 25 heavy (non-hydrogen) atoms. The molecule has 0 atom stereocenters. The van der Waals surface area contributed by atoms with Gasteiger partial charge in [-0.25, -0.2) is 0 Å². The van der Waals surface area contributed by atoms with Gasteiger partial charge in [-0.2, -0.15) is 5.26 Å². The van der Waals surface area contributed by atoms with E-state index in [0.717, 1.165) is 33.0 Å². The van der Waals surface area contributed by atoms with Crippen LogP contribution in [0.2, 0.25) is 0 Å².